The maximum Gasteiger partial charge on any atom is 0.429 e. The van der Waals surface area contributed by atoms with E-state index >= 15 is 0 Å². The maximum atomic E-state index is 13.5. The van der Waals surface area contributed by atoms with Crippen molar-refractivity contribution in [2.75, 3.05) is 56.2 Å². The average Bonchev–Trinajstić information content (AvgIpc) is 3.05. The Balaban J connectivity index is 1.16. The van der Waals surface area contributed by atoms with Crippen molar-refractivity contribution >= 4 is 29.3 Å². The van der Waals surface area contributed by atoms with Gasteiger partial charge in [-0.15, -0.1) is 0 Å². The summed E-state index contributed by atoms with van der Waals surface area (Å²) in [6, 6.07) is 24.4. The lowest BCUT2D eigenvalue weighted by molar-refractivity contribution is -0.117. The van der Waals surface area contributed by atoms with Crippen LogP contribution in [0.5, 0.6) is 0 Å². The van der Waals surface area contributed by atoms with E-state index in [2.05, 4.69) is 17.1 Å². The third-order valence-corrected chi connectivity index (χ3v) is 7.80. The standard InChI is InChI=1S/C34H40N5O5/c40-29-16-21-37(22-17-29)25-32(41)36-28-13-9-12-27(24-28)33(42)35-18-23-44-34(43)39(38-19-7-2-8-20-38)31-15-6-5-14-30(31)26-10-3-1-4-11-26/h1-6,9-15,24,29,40H,7-8,16-23,25H2,(H,35,42)(H,36,41). The minimum absolute atomic E-state index is 0.00446. The van der Waals surface area contributed by atoms with Crippen LogP contribution in [-0.2, 0) is 9.53 Å². The van der Waals surface area contributed by atoms with Crippen molar-refractivity contribution in [2.24, 2.45) is 0 Å². The number of nitrogens with zero attached hydrogens (tertiary/aromatic N) is 3. The van der Waals surface area contributed by atoms with Crippen molar-refractivity contribution < 1.29 is 24.2 Å². The summed E-state index contributed by atoms with van der Waals surface area (Å²) in [5, 5.41) is 18.9. The first-order valence-corrected chi connectivity index (χ1v) is 15.2. The summed E-state index contributed by atoms with van der Waals surface area (Å²) >= 11 is 0. The van der Waals surface area contributed by atoms with E-state index in [9.17, 15) is 19.5 Å². The van der Waals surface area contributed by atoms with Crippen LogP contribution in [0.25, 0.3) is 11.1 Å². The van der Waals surface area contributed by atoms with Gasteiger partial charge in [-0.2, -0.15) is 0 Å². The van der Waals surface area contributed by atoms with Crippen LogP contribution in [0.4, 0.5) is 16.2 Å². The summed E-state index contributed by atoms with van der Waals surface area (Å²) in [5.74, 6) is -0.504. The molecule has 1 radical (unpaired) electrons. The second-order valence-corrected chi connectivity index (χ2v) is 11.0. The number of carbonyl (C=O) groups is 3. The van der Waals surface area contributed by atoms with Gasteiger partial charge >= 0.3 is 6.09 Å². The number of nitrogens with one attached hydrogen (secondary N) is 2. The highest BCUT2D eigenvalue weighted by atomic mass is 16.6. The molecular weight excluding hydrogens is 558 g/mol. The maximum absolute atomic E-state index is 13.5. The van der Waals surface area contributed by atoms with Crippen molar-refractivity contribution in [3.63, 3.8) is 0 Å². The Kier molecular flexibility index (Phi) is 11.0. The topological polar surface area (TPSA) is 114 Å². The van der Waals surface area contributed by atoms with E-state index in [-0.39, 0.29) is 37.6 Å². The van der Waals surface area contributed by atoms with Gasteiger partial charge in [-0.1, -0.05) is 54.6 Å². The fourth-order valence-electron chi connectivity index (χ4n) is 5.51. The first kappa shape index (κ1) is 31.2. The molecule has 44 heavy (non-hydrogen) atoms. The molecule has 2 aliphatic heterocycles. The highest BCUT2D eigenvalue weighted by molar-refractivity contribution is 5.97. The van der Waals surface area contributed by atoms with E-state index in [1.54, 1.807) is 29.3 Å². The number of benzene rings is 3. The van der Waals surface area contributed by atoms with Crippen LogP contribution >= 0.6 is 0 Å². The Morgan fingerprint density at radius 3 is 2.39 bits per heavy atom. The van der Waals surface area contributed by atoms with Crippen molar-refractivity contribution in [2.45, 2.75) is 31.8 Å². The van der Waals surface area contributed by atoms with Crippen LogP contribution in [0.3, 0.4) is 0 Å². The number of aliphatic hydroxyl groups is 1. The third-order valence-electron chi connectivity index (χ3n) is 7.80. The van der Waals surface area contributed by atoms with E-state index < -0.39 is 6.09 Å². The molecular formula is C34H40N5O5. The van der Waals surface area contributed by atoms with Gasteiger partial charge in [-0.25, -0.2) is 14.8 Å². The zero-order valence-corrected chi connectivity index (χ0v) is 24.9. The van der Waals surface area contributed by atoms with Crippen molar-refractivity contribution in [1.29, 1.82) is 0 Å². The number of piperidine rings is 2. The van der Waals surface area contributed by atoms with Crippen LogP contribution in [-0.4, -0.2) is 84.9 Å². The summed E-state index contributed by atoms with van der Waals surface area (Å²) < 4.78 is 5.69. The Hall–Kier alpha value is -4.25. The quantitative estimate of drug-likeness (QED) is 0.298. The van der Waals surface area contributed by atoms with E-state index in [4.69, 9.17) is 4.74 Å². The predicted molar refractivity (Wildman–Crippen MR) is 170 cm³/mol. The highest BCUT2D eigenvalue weighted by Gasteiger charge is 2.28. The molecule has 3 N–H and O–H groups in total. The third kappa shape index (κ3) is 8.43. The Morgan fingerprint density at radius 2 is 1.61 bits per heavy atom. The van der Waals surface area contributed by atoms with Crippen molar-refractivity contribution in [1.82, 2.24) is 15.2 Å². The minimum atomic E-state index is -0.502. The van der Waals surface area contributed by atoms with Gasteiger partial charge in [0.25, 0.3) is 5.91 Å². The molecule has 0 unspecified atom stereocenters. The summed E-state index contributed by atoms with van der Waals surface area (Å²) in [4.78, 5) is 40.9. The number of amides is 3. The van der Waals surface area contributed by atoms with E-state index in [0.29, 0.717) is 50.3 Å². The number of likely N-dealkylation sites (tertiary alicyclic amines) is 1. The molecule has 10 nitrogen and oxygen atoms in total. The summed E-state index contributed by atoms with van der Waals surface area (Å²) in [6.45, 7) is 3.10. The number of ether oxygens (including phenoxy) is 1. The molecule has 2 heterocycles. The molecule has 5 rings (SSSR count). The zero-order valence-electron chi connectivity index (χ0n) is 24.9. The predicted octanol–water partition coefficient (Wildman–Crippen LogP) is 4.34. The number of hydrogen-bond acceptors (Lipinski definition) is 7. The summed E-state index contributed by atoms with van der Waals surface area (Å²) in [6.07, 6.45) is 4.49. The second-order valence-electron chi connectivity index (χ2n) is 11.0. The molecule has 10 heteroatoms. The van der Waals surface area contributed by atoms with Gasteiger partial charge in [0.05, 0.1) is 24.9 Å². The molecule has 2 fully saturated rings. The number of rotatable bonds is 10. The van der Waals surface area contributed by atoms with Crippen molar-refractivity contribution in [3.8, 4) is 11.1 Å². The minimum Gasteiger partial charge on any atom is -0.446 e. The van der Waals surface area contributed by atoms with Gasteiger partial charge in [0.2, 0.25) is 5.91 Å². The molecule has 231 valence electrons. The van der Waals surface area contributed by atoms with Gasteiger partial charge in [0, 0.05) is 43.0 Å². The van der Waals surface area contributed by atoms with E-state index in [1.807, 2.05) is 64.5 Å². The number of para-hydroxylation sites is 1. The van der Waals surface area contributed by atoms with E-state index in [0.717, 1.165) is 29.7 Å². The second kappa shape index (κ2) is 15.5. The Bertz CT molecular complexity index is 1400. The van der Waals surface area contributed by atoms with Crippen LogP contribution in [0, 0.1) is 6.42 Å². The van der Waals surface area contributed by atoms with Gasteiger partial charge in [-0.3, -0.25) is 14.5 Å². The average molecular weight is 599 g/mol. The first-order chi connectivity index (χ1) is 21.5. The SMILES string of the molecule is O=C(CN1CCC(O)CC1)Nc1cccc(C(=O)NCCOC(=O)N(c2ccccc2-c2ccccc2)N2CC[CH]CC2)c1. The molecule has 0 atom stereocenters. The van der Waals surface area contributed by atoms with Crippen LogP contribution in [0.2, 0.25) is 0 Å². The normalized spacial score (nSPS) is 16.2. The summed E-state index contributed by atoms with van der Waals surface area (Å²) in [7, 11) is 0. The molecule has 3 amide bonds. The number of aliphatic hydroxyl groups excluding tert-OH is 1. The number of hydrogen-bond donors (Lipinski definition) is 3. The smallest absolute Gasteiger partial charge is 0.429 e. The molecule has 2 saturated heterocycles. The van der Waals surface area contributed by atoms with Gasteiger partial charge < -0.3 is 20.5 Å². The number of hydrazine groups is 1. The van der Waals surface area contributed by atoms with Crippen LogP contribution in [0.1, 0.15) is 36.0 Å². The summed E-state index contributed by atoms with van der Waals surface area (Å²) in [5.41, 5.74) is 3.58. The lowest BCUT2D eigenvalue weighted by Gasteiger charge is -2.37. The molecule has 0 aromatic heterocycles. The zero-order chi connectivity index (χ0) is 30.7. The monoisotopic (exact) mass is 598 g/mol. The Labute approximate surface area is 258 Å². The van der Waals surface area contributed by atoms with Gasteiger partial charge in [-0.05, 0) is 61.9 Å². The lowest BCUT2D eigenvalue weighted by Crippen LogP contribution is -2.50. The van der Waals surface area contributed by atoms with Gasteiger partial charge in [0.1, 0.15) is 6.61 Å². The molecule has 2 aliphatic rings. The van der Waals surface area contributed by atoms with Gasteiger partial charge in [0.15, 0.2) is 0 Å². The molecule has 0 saturated carbocycles. The number of anilines is 2. The number of carbonyl (C=O) groups excluding carboxylic acids is 3. The fraction of sp³-hybridized carbons (Fsp3) is 0.353. The van der Waals surface area contributed by atoms with Crippen LogP contribution < -0.4 is 15.6 Å². The van der Waals surface area contributed by atoms with E-state index in [1.165, 1.54) is 0 Å². The largest absolute Gasteiger partial charge is 0.446 e. The molecule has 0 spiro atoms. The molecule has 0 bridgehead atoms. The Morgan fingerprint density at radius 1 is 0.886 bits per heavy atom. The molecule has 3 aromatic carbocycles. The first-order valence-electron chi connectivity index (χ1n) is 15.2. The molecule has 0 aliphatic carbocycles. The fourth-order valence-corrected chi connectivity index (χ4v) is 5.51. The molecule has 3 aromatic rings. The lowest BCUT2D eigenvalue weighted by atomic mass is 10.0. The highest BCUT2D eigenvalue weighted by Crippen LogP contribution is 2.33. The van der Waals surface area contributed by atoms with Crippen LogP contribution in [0.15, 0.2) is 78.9 Å². The van der Waals surface area contributed by atoms with Crippen molar-refractivity contribution in [3.05, 3.63) is 90.8 Å².